The molecule has 0 unspecified atom stereocenters. The van der Waals surface area contributed by atoms with Crippen molar-refractivity contribution in [1.82, 2.24) is 0 Å². The molecular formula is C18H20N2O4S. The minimum Gasteiger partial charge on any atom is -0.497 e. The summed E-state index contributed by atoms with van der Waals surface area (Å²) in [6.07, 6.45) is 0. The molecule has 0 bridgehead atoms. The van der Waals surface area contributed by atoms with Gasteiger partial charge < -0.3 is 14.4 Å². The number of benzene rings is 2. The summed E-state index contributed by atoms with van der Waals surface area (Å²) in [5, 5.41) is 0. The molecule has 0 aromatic heterocycles. The maximum absolute atomic E-state index is 13.3. The number of hydrogen-bond acceptors (Lipinski definition) is 5. The first-order chi connectivity index (χ1) is 12.0. The fourth-order valence-electron chi connectivity index (χ4n) is 3.49. The van der Waals surface area contributed by atoms with E-state index in [0.29, 0.717) is 41.6 Å². The third-order valence-electron chi connectivity index (χ3n) is 4.70. The zero-order valence-corrected chi connectivity index (χ0v) is 15.0. The van der Waals surface area contributed by atoms with Crippen molar-refractivity contribution in [3.05, 3.63) is 42.0 Å². The van der Waals surface area contributed by atoms with E-state index in [1.54, 1.807) is 32.2 Å². The van der Waals surface area contributed by atoms with Crippen LogP contribution in [0.2, 0.25) is 0 Å². The van der Waals surface area contributed by atoms with Crippen LogP contribution in [-0.2, 0) is 10.0 Å². The average molecular weight is 360 g/mol. The summed E-state index contributed by atoms with van der Waals surface area (Å²) in [7, 11) is -2.09. The van der Waals surface area contributed by atoms with Gasteiger partial charge in [-0.2, -0.15) is 0 Å². The van der Waals surface area contributed by atoms with Crippen LogP contribution in [-0.4, -0.2) is 41.8 Å². The fraction of sp³-hybridized carbons (Fsp3) is 0.333. The number of rotatable bonds is 3. The Balaban J connectivity index is 1.82. The summed E-state index contributed by atoms with van der Waals surface area (Å²) in [6.45, 7) is 4.27. The van der Waals surface area contributed by atoms with Crippen molar-refractivity contribution in [2.75, 3.05) is 42.6 Å². The van der Waals surface area contributed by atoms with E-state index < -0.39 is 10.0 Å². The second kappa shape index (κ2) is 5.84. The highest BCUT2D eigenvalue weighted by atomic mass is 32.2. The quantitative estimate of drug-likeness (QED) is 0.841. The van der Waals surface area contributed by atoms with Crippen LogP contribution in [0.5, 0.6) is 11.5 Å². The van der Waals surface area contributed by atoms with Crippen molar-refractivity contribution in [1.29, 1.82) is 0 Å². The van der Waals surface area contributed by atoms with E-state index in [1.807, 2.05) is 18.2 Å². The van der Waals surface area contributed by atoms with E-state index in [1.165, 1.54) is 4.31 Å². The van der Waals surface area contributed by atoms with Gasteiger partial charge in [0.05, 0.1) is 30.8 Å². The van der Waals surface area contributed by atoms with Crippen molar-refractivity contribution >= 4 is 21.4 Å². The van der Waals surface area contributed by atoms with Gasteiger partial charge >= 0.3 is 0 Å². The van der Waals surface area contributed by atoms with Crippen LogP contribution < -0.4 is 18.7 Å². The highest BCUT2D eigenvalue weighted by Crippen LogP contribution is 2.44. The summed E-state index contributed by atoms with van der Waals surface area (Å²) in [4.78, 5) is 2.50. The lowest BCUT2D eigenvalue weighted by Crippen LogP contribution is -2.47. The predicted molar refractivity (Wildman–Crippen MR) is 96.4 cm³/mol. The first-order valence-corrected chi connectivity index (χ1v) is 9.64. The van der Waals surface area contributed by atoms with Crippen LogP contribution in [0.3, 0.4) is 0 Å². The number of anilines is 2. The number of sulfonamides is 1. The number of aryl methyl sites for hydroxylation is 1. The van der Waals surface area contributed by atoms with Gasteiger partial charge in [0.2, 0.25) is 0 Å². The average Bonchev–Trinajstić information content (AvgIpc) is 2.62. The van der Waals surface area contributed by atoms with E-state index in [4.69, 9.17) is 9.47 Å². The van der Waals surface area contributed by atoms with E-state index in [9.17, 15) is 8.42 Å². The molecule has 2 aliphatic heterocycles. The maximum atomic E-state index is 13.3. The molecule has 25 heavy (non-hydrogen) atoms. The zero-order chi connectivity index (χ0) is 17.6. The Morgan fingerprint density at radius 1 is 1.12 bits per heavy atom. The highest BCUT2D eigenvalue weighted by Gasteiger charge is 2.35. The number of para-hydroxylation sites is 1. The van der Waals surface area contributed by atoms with Crippen molar-refractivity contribution in [3.8, 4) is 11.5 Å². The van der Waals surface area contributed by atoms with E-state index >= 15 is 0 Å². The molecule has 0 spiro atoms. The smallest absolute Gasteiger partial charge is 0.264 e. The van der Waals surface area contributed by atoms with Crippen LogP contribution in [0.4, 0.5) is 11.4 Å². The lowest BCUT2D eigenvalue weighted by Gasteiger charge is -2.41. The first kappa shape index (κ1) is 16.1. The minimum absolute atomic E-state index is 0.302. The Hall–Kier alpha value is -2.41. The van der Waals surface area contributed by atoms with Gasteiger partial charge in [0.25, 0.3) is 10.0 Å². The number of methoxy groups -OCH3 is 1. The van der Waals surface area contributed by atoms with Gasteiger partial charge in [-0.25, -0.2) is 8.42 Å². The van der Waals surface area contributed by atoms with Gasteiger partial charge in [0, 0.05) is 6.54 Å². The van der Waals surface area contributed by atoms with Gasteiger partial charge in [0.1, 0.15) is 23.8 Å². The summed E-state index contributed by atoms with van der Waals surface area (Å²) >= 11 is 0. The molecule has 7 heteroatoms. The second-order valence-corrected chi connectivity index (χ2v) is 8.00. The van der Waals surface area contributed by atoms with Gasteiger partial charge in [-0.15, -0.1) is 0 Å². The largest absolute Gasteiger partial charge is 0.497 e. The third-order valence-corrected chi connectivity index (χ3v) is 6.68. The Labute approximate surface area is 147 Å². The van der Waals surface area contributed by atoms with Gasteiger partial charge in [-0.1, -0.05) is 6.07 Å². The van der Waals surface area contributed by atoms with Crippen molar-refractivity contribution in [2.45, 2.75) is 11.8 Å². The topological polar surface area (TPSA) is 59.1 Å². The summed E-state index contributed by atoms with van der Waals surface area (Å²) in [5.74, 6) is 1.39. The maximum Gasteiger partial charge on any atom is 0.264 e. The van der Waals surface area contributed by atoms with Crippen LogP contribution in [0, 0.1) is 6.92 Å². The lowest BCUT2D eigenvalue weighted by atomic mass is 10.1. The van der Waals surface area contributed by atoms with E-state index in [2.05, 4.69) is 4.90 Å². The highest BCUT2D eigenvalue weighted by molar-refractivity contribution is 7.93. The van der Waals surface area contributed by atoms with Gasteiger partial charge in [0.15, 0.2) is 0 Å². The molecule has 0 atom stereocenters. The molecule has 2 aliphatic rings. The summed E-state index contributed by atoms with van der Waals surface area (Å²) in [5.41, 5.74) is 2.22. The monoisotopic (exact) mass is 360 g/mol. The lowest BCUT2D eigenvalue weighted by molar-refractivity contribution is 0.307. The Morgan fingerprint density at radius 3 is 2.72 bits per heavy atom. The second-order valence-electron chi connectivity index (χ2n) is 6.17. The zero-order valence-electron chi connectivity index (χ0n) is 14.2. The van der Waals surface area contributed by atoms with Gasteiger partial charge in [-0.05, 0) is 42.8 Å². The molecule has 2 heterocycles. The Bertz CT molecular complexity index is 927. The molecule has 0 fully saturated rings. The van der Waals surface area contributed by atoms with Crippen LogP contribution >= 0.6 is 0 Å². The first-order valence-electron chi connectivity index (χ1n) is 8.20. The Kier molecular flexibility index (Phi) is 3.76. The predicted octanol–water partition coefficient (Wildman–Crippen LogP) is 2.41. The van der Waals surface area contributed by atoms with Crippen LogP contribution in [0.25, 0.3) is 0 Å². The molecular weight excluding hydrogens is 340 g/mol. The summed E-state index contributed by atoms with van der Waals surface area (Å²) < 4.78 is 39.0. The van der Waals surface area contributed by atoms with Gasteiger partial charge in [-0.3, -0.25) is 4.31 Å². The van der Waals surface area contributed by atoms with Crippen LogP contribution in [0.1, 0.15) is 5.56 Å². The molecule has 0 saturated heterocycles. The molecule has 0 aliphatic carbocycles. The number of nitrogens with zero attached hydrogens (tertiary/aromatic N) is 2. The molecule has 0 radical (unpaired) electrons. The van der Waals surface area contributed by atoms with E-state index in [0.717, 1.165) is 18.0 Å². The van der Waals surface area contributed by atoms with Crippen molar-refractivity contribution in [3.63, 3.8) is 0 Å². The molecule has 2 aromatic rings. The Morgan fingerprint density at radius 2 is 1.96 bits per heavy atom. The normalized spacial score (nSPS) is 16.2. The number of ether oxygens (including phenoxy) is 2. The molecule has 0 saturated carbocycles. The minimum atomic E-state index is -3.66. The number of hydrogen-bond donors (Lipinski definition) is 0. The molecule has 132 valence electrons. The third kappa shape index (κ3) is 2.50. The fourth-order valence-corrected chi connectivity index (χ4v) is 5.16. The molecule has 0 N–H and O–H groups in total. The van der Waals surface area contributed by atoms with E-state index in [-0.39, 0.29) is 0 Å². The molecule has 4 rings (SSSR count). The van der Waals surface area contributed by atoms with Crippen LogP contribution in [0.15, 0.2) is 41.3 Å². The summed E-state index contributed by atoms with van der Waals surface area (Å²) in [6, 6.07) is 10.6. The van der Waals surface area contributed by atoms with Crippen molar-refractivity contribution in [2.24, 2.45) is 0 Å². The molecule has 6 nitrogen and oxygen atoms in total. The molecule has 2 aromatic carbocycles. The SMILES string of the molecule is COc1ccc(S(=O)(=O)N2CCN3CCOc4cccc2c43)c(C)c1. The molecule has 0 amide bonds. The van der Waals surface area contributed by atoms with Crippen molar-refractivity contribution < 1.29 is 17.9 Å². The standard InChI is InChI=1S/C18H20N2O4S/c1-13-12-14(23-2)6-7-17(13)25(21,22)20-9-8-19-10-11-24-16-5-3-4-15(20)18(16)19/h3-7,12H,8-11H2,1-2H3.